The largest absolute Gasteiger partial charge is 0.338 e. The van der Waals surface area contributed by atoms with Gasteiger partial charge in [-0.25, -0.2) is 4.85 Å². The van der Waals surface area contributed by atoms with Gasteiger partial charge in [-0.15, -0.1) is 0 Å². The summed E-state index contributed by atoms with van der Waals surface area (Å²) in [4.78, 5) is 21.9. The molecule has 0 aliphatic heterocycles. The molecule has 0 aliphatic rings. The van der Waals surface area contributed by atoms with Gasteiger partial charge in [-0.1, -0.05) is 6.07 Å². The van der Waals surface area contributed by atoms with E-state index in [0.717, 1.165) is 12.1 Å². The number of rotatable bonds is 2. The van der Waals surface area contributed by atoms with Crippen LogP contribution >= 0.6 is 0 Å². The third-order valence-electron chi connectivity index (χ3n) is 1.50. The second-order valence-electron chi connectivity index (χ2n) is 2.27. The lowest BCUT2D eigenvalue weighted by Gasteiger charge is -1.95. The molecule has 0 spiro atoms. The van der Waals surface area contributed by atoms with Crippen molar-refractivity contribution in [3.8, 4) is 0 Å². The van der Waals surface area contributed by atoms with Crippen LogP contribution in [0.25, 0.3) is 4.85 Å². The van der Waals surface area contributed by atoms with Gasteiger partial charge in [0.1, 0.15) is 0 Å². The molecule has 0 N–H and O–H groups in total. The van der Waals surface area contributed by atoms with Crippen molar-refractivity contribution in [1.29, 1.82) is 0 Å². The Morgan fingerprint density at radius 2 is 1.57 bits per heavy atom. The minimum Gasteiger partial charge on any atom is -0.260 e. The van der Waals surface area contributed by atoms with Gasteiger partial charge in [0.05, 0.1) is 16.4 Å². The van der Waals surface area contributed by atoms with Crippen LogP contribution in [0.4, 0.5) is 17.1 Å². The average molecular weight is 193 g/mol. The molecule has 0 unspecified atom stereocenters. The molecule has 0 amide bonds. The molecule has 7 heteroatoms. The second-order valence-corrected chi connectivity index (χ2v) is 2.27. The SMILES string of the molecule is [C-]#[N+]c1c([N+](=O)[O-])cccc1[N+](=O)[O-]. The van der Waals surface area contributed by atoms with E-state index in [1.54, 1.807) is 0 Å². The smallest absolute Gasteiger partial charge is 0.260 e. The molecule has 0 radical (unpaired) electrons. The molecule has 0 atom stereocenters. The molecule has 0 saturated heterocycles. The zero-order valence-electron chi connectivity index (χ0n) is 6.71. The normalized spacial score (nSPS) is 9.07. The van der Waals surface area contributed by atoms with Crippen LogP contribution in [0, 0.1) is 26.8 Å². The van der Waals surface area contributed by atoms with Crippen LogP contribution < -0.4 is 0 Å². The molecule has 1 rings (SSSR count). The Hall–Kier alpha value is -2.49. The molecule has 1 aromatic rings. The lowest BCUT2D eigenvalue weighted by Crippen LogP contribution is -1.92. The Morgan fingerprint density at radius 3 is 1.86 bits per heavy atom. The van der Waals surface area contributed by atoms with Crippen molar-refractivity contribution in [2.45, 2.75) is 0 Å². The van der Waals surface area contributed by atoms with Gasteiger partial charge in [-0.3, -0.25) is 20.2 Å². The topological polar surface area (TPSA) is 90.6 Å². The summed E-state index contributed by atoms with van der Waals surface area (Å²) in [6.07, 6.45) is 0. The highest BCUT2D eigenvalue weighted by molar-refractivity contribution is 5.74. The Bertz CT molecular complexity index is 416. The second kappa shape index (κ2) is 3.49. The predicted octanol–water partition coefficient (Wildman–Crippen LogP) is 2.05. The fourth-order valence-electron chi connectivity index (χ4n) is 0.929. The molecule has 0 bridgehead atoms. The van der Waals surface area contributed by atoms with E-state index >= 15 is 0 Å². The van der Waals surface area contributed by atoms with E-state index in [9.17, 15) is 20.2 Å². The Kier molecular flexibility index (Phi) is 2.39. The molecular formula is C7H3N3O4. The zero-order chi connectivity index (χ0) is 10.7. The lowest BCUT2D eigenvalue weighted by atomic mass is 10.2. The molecule has 0 heterocycles. The van der Waals surface area contributed by atoms with Gasteiger partial charge in [0, 0.05) is 12.1 Å². The first-order chi connectivity index (χ1) is 6.57. The summed E-state index contributed by atoms with van der Waals surface area (Å²) in [5.41, 5.74) is -1.63. The molecule has 0 aliphatic carbocycles. The van der Waals surface area contributed by atoms with Crippen molar-refractivity contribution in [2.24, 2.45) is 0 Å². The van der Waals surface area contributed by atoms with Gasteiger partial charge in [0.25, 0.3) is 11.4 Å². The highest BCUT2D eigenvalue weighted by Gasteiger charge is 2.24. The summed E-state index contributed by atoms with van der Waals surface area (Å²) in [6.45, 7) is 6.63. The van der Waals surface area contributed by atoms with Crippen LogP contribution in [0.2, 0.25) is 0 Å². The van der Waals surface area contributed by atoms with Crippen LogP contribution in [0.5, 0.6) is 0 Å². The van der Waals surface area contributed by atoms with Crippen molar-refractivity contribution < 1.29 is 9.85 Å². The van der Waals surface area contributed by atoms with Gasteiger partial charge >= 0.3 is 5.69 Å². The molecule has 7 nitrogen and oxygen atoms in total. The first-order valence-corrected chi connectivity index (χ1v) is 3.37. The van der Waals surface area contributed by atoms with Crippen molar-refractivity contribution in [2.75, 3.05) is 0 Å². The maximum Gasteiger partial charge on any atom is 0.338 e. The first-order valence-electron chi connectivity index (χ1n) is 3.37. The van der Waals surface area contributed by atoms with Crippen molar-refractivity contribution in [1.82, 2.24) is 0 Å². The van der Waals surface area contributed by atoms with Crippen molar-refractivity contribution in [3.05, 3.63) is 49.8 Å². The van der Waals surface area contributed by atoms with Gasteiger partial charge < -0.3 is 0 Å². The van der Waals surface area contributed by atoms with Gasteiger partial charge in [-0.05, 0) is 0 Å². The molecular weight excluding hydrogens is 190 g/mol. The van der Waals surface area contributed by atoms with E-state index < -0.39 is 26.9 Å². The first kappa shape index (κ1) is 9.60. The van der Waals surface area contributed by atoms with Gasteiger partial charge in [0.2, 0.25) is 0 Å². The van der Waals surface area contributed by atoms with Crippen molar-refractivity contribution in [3.63, 3.8) is 0 Å². The number of para-hydroxylation sites is 1. The molecule has 0 saturated carbocycles. The maximum absolute atomic E-state index is 10.4. The third kappa shape index (κ3) is 1.49. The molecule has 0 fully saturated rings. The molecule has 70 valence electrons. The lowest BCUT2D eigenvalue weighted by molar-refractivity contribution is -0.392. The van der Waals surface area contributed by atoms with E-state index in [1.807, 2.05) is 0 Å². The molecule has 1 aromatic carbocycles. The minimum absolute atomic E-state index is 0.539. The van der Waals surface area contributed by atoms with Gasteiger partial charge in [0.15, 0.2) is 0 Å². The highest BCUT2D eigenvalue weighted by atomic mass is 16.6. The van der Waals surface area contributed by atoms with Crippen LogP contribution in [-0.2, 0) is 0 Å². The van der Waals surface area contributed by atoms with Crippen LogP contribution in [0.3, 0.4) is 0 Å². The summed E-state index contributed by atoms with van der Waals surface area (Å²) in [7, 11) is 0. The van der Waals surface area contributed by atoms with Crippen LogP contribution in [-0.4, -0.2) is 9.85 Å². The molecule has 0 aromatic heterocycles. The third-order valence-corrected chi connectivity index (χ3v) is 1.50. The number of nitrogens with zero attached hydrogens (tertiary/aromatic N) is 3. The average Bonchev–Trinajstić information content (AvgIpc) is 2.16. The Morgan fingerprint density at radius 1 is 1.14 bits per heavy atom. The summed E-state index contributed by atoms with van der Waals surface area (Å²) in [5, 5.41) is 20.8. The Balaban J connectivity index is 3.50. The summed E-state index contributed by atoms with van der Waals surface area (Å²) < 4.78 is 0. The van der Waals surface area contributed by atoms with Crippen molar-refractivity contribution >= 4 is 17.1 Å². The predicted molar refractivity (Wildman–Crippen MR) is 46.0 cm³/mol. The number of benzene rings is 1. The van der Waals surface area contributed by atoms with E-state index in [2.05, 4.69) is 4.85 Å². The number of hydrogen-bond acceptors (Lipinski definition) is 4. The number of nitro groups is 2. The number of hydrogen-bond donors (Lipinski definition) is 0. The summed E-state index contributed by atoms with van der Waals surface area (Å²) in [6, 6.07) is 3.28. The highest BCUT2D eigenvalue weighted by Crippen LogP contribution is 2.36. The van der Waals surface area contributed by atoms with Gasteiger partial charge in [-0.2, -0.15) is 0 Å². The summed E-state index contributed by atoms with van der Waals surface area (Å²) in [5.74, 6) is 0. The fourth-order valence-corrected chi connectivity index (χ4v) is 0.929. The quantitative estimate of drug-likeness (QED) is 0.408. The van der Waals surface area contributed by atoms with E-state index in [4.69, 9.17) is 6.57 Å². The zero-order valence-corrected chi connectivity index (χ0v) is 6.71. The van der Waals surface area contributed by atoms with E-state index in [1.165, 1.54) is 6.07 Å². The van der Waals surface area contributed by atoms with E-state index in [-0.39, 0.29) is 0 Å². The molecule has 14 heavy (non-hydrogen) atoms. The fraction of sp³-hybridized carbons (Fsp3) is 0. The maximum atomic E-state index is 10.4. The van der Waals surface area contributed by atoms with Crippen LogP contribution in [0.15, 0.2) is 18.2 Å². The number of nitro benzene ring substituents is 2. The standard InChI is InChI=1S/C7H3N3O4/c1-8-7-5(9(11)12)3-2-4-6(7)10(13)14/h2-4H. The Labute approximate surface area is 77.7 Å². The van der Waals surface area contributed by atoms with E-state index in [0.29, 0.717) is 0 Å². The summed E-state index contributed by atoms with van der Waals surface area (Å²) >= 11 is 0. The monoisotopic (exact) mass is 193 g/mol. The minimum atomic E-state index is -0.819. The van der Waals surface area contributed by atoms with Crippen LogP contribution in [0.1, 0.15) is 0 Å².